The minimum Gasteiger partial charge on any atom is -0.448 e. The number of aliphatic hydroxyl groups is 1. The number of nitrogens with two attached hydrogens (primary N) is 1. The van der Waals surface area contributed by atoms with Gasteiger partial charge < -0.3 is 20.9 Å². The molecule has 2 saturated carbocycles. The Morgan fingerprint density at radius 1 is 1.25 bits per heavy atom. The van der Waals surface area contributed by atoms with E-state index in [0.717, 1.165) is 6.07 Å². The van der Waals surface area contributed by atoms with Gasteiger partial charge in [-0.3, -0.25) is 9.59 Å². The van der Waals surface area contributed by atoms with E-state index >= 15 is 0 Å². The fourth-order valence-corrected chi connectivity index (χ4v) is 4.67. The summed E-state index contributed by atoms with van der Waals surface area (Å²) in [6, 6.07) is 3.45. The number of amides is 1. The lowest BCUT2D eigenvalue weighted by molar-refractivity contribution is -0.240. The Labute approximate surface area is 183 Å². The molecular weight excluding hydrogens is 425 g/mol. The van der Waals surface area contributed by atoms with E-state index in [1.165, 1.54) is 12.1 Å². The summed E-state index contributed by atoms with van der Waals surface area (Å²) in [7, 11) is 0. The van der Waals surface area contributed by atoms with Gasteiger partial charge in [-0.1, -0.05) is 25.7 Å². The summed E-state index contributed by atoms with van der Waals surface area (Å²) in [4.78, 5) is 25.8. The molecule has 3 unspecified atom stereocenters. The van der Waals surface area contributed by atoms with Gasteiger partial charge in [-0.25, -0.2) is 0 Å². The first-order valence-electron chi connectivity index (χ1n) is 10.4. The van der Waals surface area contributed by atoms with Gasteiger partial charge in [0.15, 0.2) is 5.60 Å². The Bertz CT molecular complexity index is 1070. The Morgan fingerprint density at radius 3 is 2.41 bits per heavy atom. The van der Waals surface area contributed by atoms with Gasteiger partial charge in [0.05, 0.1) is 5.41 Å². The molecule has 4 N–H and O–H groups in total. The highest BCUT2D eigenvalue weighted by atomic mass is 19.4. The largest absolute Gasteiger partial charge is 0.448 e. The molecule has 1 saturated heterocycles. The quantitative estimate of drug-likeness (QED) is 0.372. The minimum absolute atomic E-state index is 0.0341. The van der Waals surface area contributed by atoms with E-state index in [0.29, 0.717) is 19.3 Å². The van der Waals surface area contributed by atoms with Crippen molar-refractivity contribution in [2.45, 2.75) is 63.8 Å². The average Bonchev–Trinajstić information content (AvgIpc) is 3.47. The molecule has 6 nitrogen and oxygen atoms in total. The van der Waals surface area contributed by atoms with Crippen molar-refractivity contribution in [2.75, 3.05) is 11.1 Å². The van der Waals surface area contributed by atoms with Gasteiger partial charge in [-0.2, -0.15) is 13.2 Å². The van der Waals surface area contributed by atoms with E-state index in [-0.39, 0.29) is 23.7 Å². The fraction of sp³-hybridized carbons (Fsp3) is 0.565. The van der Waals surface area contributed by atoms with Gasteiger partial charge in [0, 0.05) is 28.3 Å². The monoisotopic (exact) mass is 450 g/mol. The number of benzene rings is 1. The smallest absolute Gasteiger partial charge is 0.433 e. The Morgan fingerprint density at radius 2 is 1.91 bits per heavy atom. The molecule has 1 aliphatic heterocycles. The van der Waals surface area contributed by atoms with E-state index < -0.39 is 45.6 Å². The molecular formula is C23H25F3N2O4. The van der Waals surface area contributed by atoms with E-state index in [1.807, 2.05) is 5.92 Å². The van der Waals surface area contributed by atoms with Crippen LogP contribution in [0.25, 0.3) is 0 Å². The SMILES string of the molecule is CC12CCC(C(=O)Nc3ccc(N)cc3C(O)(C#CC3CC3)C(F)(F)F)(OC1=O)C2(C)C. The Kier molecular flexibility index (Phi) is 4.66. The average molecular weight is 450 g/mol. The number of nitrogens with one attached hydrogen (secondary N) is 1. The highest BCUT2D eigenvalue weighted by Crippen LogP contribution is 2.65. The highest BCUT2D eigenvalue weighted by molar-refractivity contribution is 6.03. The van der Waals surface area contributed by atoms with Crippen LogP contribution >= 0.6 is 0 Å². The van der Waals surface area contributed by atoms with Crippen LogP contribution in [0.3, 0.4) is 0 Å². The lowest BCUT2D eigenvalue weighted by Crippen LogP contribution is -2.51. The molecule has 2 bridgehead atoms. The summed E-state index contributed by atoms with van der Waals surface area (Å²) in [5, 5.41) is 13.2. The van der Waals surface area contributed by atoms with Crippen LogP contribution in [-0.4, -0.2) is 28.8 Å². The lowest BCUT2D eigenvalue weighted by Gasteiger charge is -2.36. The van der Waals surface area contributed by atoms with Gasteiger partial charge in [0.2, 0.25) is 5.60 Å². The molecule has 0 aromatic heterocycles. The summed E-state index contributed by atoms with van der Waals surface area (Å²) < 4.78 is 47.5. The van der Waals surface area contributed by atoms with Crippen molar-refractivity contribution >= 4 is 23.3 Å². The molecule has 0 radical (unpaired) electrons. The predicted molar refractivity (Wildman–Crippen MR) is 110 cm³/mol. The number of nitrogen functional groups attached to an aromatic ring is 1. The maximum Gasteiger partial charge on any atom is 0.433 e. The normalized spacial score (nSPS) is 30.2. The van der Waals surface area contributed by atoms with Crippen LogP contribution in [-0.2, 0) is 19.9 Å². The van der Waals surface area contributed by atoms with Crippen LogP contribution in [0, 0.1) is 28.6 Å². The van der Waals surface area contributed by atoms with Crippen molar-refractivity contribution < 1.29 is 32.6 Å². The molecule has 172 valence electrons. The second kappa shape index (κ2) is 6.64. The number of rotatable bonds is 3. The van der Waals surface area contributed by atoms with Gasteiger partial charge in [0.1, 0.15) is 0 Å². The number of anilines is 2. The van der Waals surface area contributed by atoms with Crippen molar-refractivity contribution in [3.8, 4) is 11.8 Å². The van der Waals surface area contributed by atoms with E-state index in [4.69, 9.17) is 10.5 Å². The molecule has 2 aliphatic carbocycles. The molecule has 3 atom stereocenters. The third-order valence-corrected chi connectivity index (χ3v) is 7.58. The predicted octanol–water partition coefficient (Wildman–Crippen LogP) is 3.49. The Balaban J connectivity index is 1.76. The minimum atomic E-state index is -5.15. The van der Waals surface area contributed by atoms with E-state index in [1.54, 1.807) is 20.8 Å². The number of ether oxygens (including phenoxy) is 1. The number of hydrogen-bond acceptors (Lipinski definition) is 5. The second-order valence-electron chi connectivity index (χ2n) is 9.68. The molecule has 0 spiro atoms. The summed E-state index contributed by atoms with van der Waals surface area (Å²) in [6.45, 7) is 5.20. The highest BCUT2D eigenvalue weighted by Gasteiger charge is 2.75. The second-order valence-corrected chi connectivity index (χ2v) is 9.68. The zero-order chi connectivity index (χ0) is 23.7. The summed E-state index contributed by atoms with van der Waals surface area (Å²) >= 11 is 0. The number of halogens is 3. The van der Waals surface area contributed by atoms with Crippen molar-refractivity contribution in [1.29, 1.82) is 0 Å². The number of carbonyl (C=O) groups is 2. The summed E-state index contributed by atoms with van der Waals surface area (Å²) in [6.07, 6.45) is -3.15. The fourth-order valence-electron chi connectivity index (χ4n) is 4.67. The molecule has 1 heterocycles. The number of fused-ring (bicyclic) bond motifs is 2. The Hall–Kier alpha value is -2.73. The molecule has 1 aromatic carbocycles. The molecule has 1 amide bonds. The molecule has 4 rings (SSSR count). The first kappa shape index (κ1) is 22.5. The maximum absolute atomic E-state index is 14.0. The number of esters is 1. The van der Waals surface area contributed by atoms with E-state index in [2.05, 4.69) is 11.2 Å². The maximum atomic E-state index is 14.0. The first-order chi connectivity index (χ1) is 14.7. The number of alkyl halides is 3. The number of carbonyl (C=O) groups excluding carboxylic acids is 2. The van der Waals surface area contributed by atoms with Crippen LogP contribution in [0.2, 0.25) is 0 Å². The first-order valence-corrected chi connectivity index (χ1v) is 10.4. The van der Waals surface area contributed by atoms with Crippen molar-refractivity contribution in [3.05, 3.63) is 23.8 Å². The van der Waals surface area contributed by atoms with Crippen molar-refractivity contribution in [2.24, 2.45) is 16.7 Å². The zero-order valence-corrected chi connectivity index (χ0v) is 18.0. The molecule has 1 aromatic rings. The van der Waals surface area contributed by atoms with Crippen LogP contribution in [0.15, 0.2) is 18.2 Å². The molecule has 32 heavy (non-hydrogen) atoms. The third-order valence-electron chi connectivity index (χ3n) is 7.58. The van der Waals surface area contributed by atoms with Crippen LogP contribution in [0.4, 0.5) is 24.5 Å². The number of hydrogen-bond donors (Lipinski definition) is 3. The standard InChI is InChI=1S/C23H25F3N2O4/c1-19(2)20(3)10-11-22(19,32-18(20)30)17(29)28-16-7-6-14(27)12-15(16)21(31,23(24,25)26)9-8-13-4-5-13/h6-7,12-13,31H,4-5,10-11,27H2,1-3H3,(H,28,29). The van der Waals surface area contributed by atoms with Crippen molar-refractivity contribution in [1.82, 2.24) is 0 Å². The molecule has 3 aliphatic rings. The van der Waals surface area contributed by atoms with Crippen LogP contribution in [0.1, 0.15) is 52.0 Å². The van der Waals surface area contributed by atoms with Gasteiger partial charge >= 0.3 is 12.1 Å². The summed E-state index contributed by atoms with van der Waals surface area (Å²) in [5.74, 6) is 2.98. The van der Waals surface area contributed by atoms with Crippen LogP contribution in [0.5, 0.6) is 0 Å². The van der Waals surface area contributed by atoms with Crippen molar-refractivity contribution in [3.63, 3.8) is 0 Å². The lowest BCUT2D eigenvalue weighted by atomic mass is 9.66. The van der Waals surface area contributed by atoms with Gasteiger partial charge in [0.25, 0.3) is 5.91 Å². The summed E-state index contributed by atoms with van der Waals surface area (Å²) in [5.41, 5.74) is -2.12. The van der Waals surface area contributed by atoms with Gasteiger partial charge in [-0.05, 0) is 50.8 Å². The van der Waals surface area contributed by atoms with Crippen LogP contribution < -0.4 is 11.1 Å². The molecule has 9 heteroatoms. The topological polar surface area (TPSA) is 102 Å². The molecule has 3 fully saturated rings. The van der Waals surface area contributed by atoms with Gasteiger partial charge in [-0.15, -0.1) is 0 Å². The zero-order valence-electron chi connectivity index (χ0n) is 18.0. The van der Waals surface area contributed by atoms with E-state index in [9.17, 15) is 27.9 Å². The third kappa shape index (κ3) is 2.92.